The van der Waals surface area contributed by atoms with Gasteiger partial charge in [0, 0.05) is 29.0 Å². The molecule has 0 saturated heterocycles. The highest BCUT2D eigenvalue weighted by atomic mass is 16.3. The second-order valence-corrected chi connectivity index (χ2v) is 8.45. The smallest absolute Gasteiger partial charge is 0.220 e. The van der Waals surface area contributed by atoms with Gasteiger partial charge in [0.1, 0.15) is 5.75 Å². The standard InChI is InChI=1S/C30H23N3O/c1-21-15-17-22(18-16-21)27-20-32-29(24-11-6-3-7-12-24)28(23-9-4-2-5-10-23)31-30(32)33(27)25-13-8-14-26(34)19-25/h2-20,34H,1H3. The summed E-state index contributed by atoms with van der Waals surface area (Å²) in [5.74, 6) is 1.01. The molecule has 4 nitrogen and oxygen atoms in total. The number of imidazole rings is 2. The summed E-state index contributed by atoms with van der Waals surface area (Å²) in [5, 5.41) is 10.3. The number of fused-ring (bicyclic) bond motifs is 1. The van der Waals surface area contributed by atoms with Crippen molar-refractivity contribution >= 4 is 5.78 Å². The Morgan fingerprint density at radius 1 is 0.676 bits per heavy atom. The molecule has 0 aliphatic carbocycles. The van der Waals surface area contributed by atoms with Gasteiger partial charge in [-0.15, -0.1) is 0 Å². The second kappa shape index (κ2) is 8.09. The summed E-state index contributed by atoms with van der Waals surface area (Å²) in [6.07, 6.45) is 2.14. The van der Waals surface area contributed by atoms with Gasteiger partial charge in [-0.25, -0.2) is 4.98 Å². The predicted molar refractivity (Wildman–Crippen MR) is 137 cm³/mol. The SMILES string of the molecule is Cc1ccc(-c2cn3c(-c4ccccc4)c(-c4ccccc4)nc3n2-c2cccc(O)c2)cc1. The Morgan fingerprint density at radius 3 is 2.03 bits per heavy atom. The number of phenolic OH excluding ortho intramolecular Hbond substituents is 1. The predicted octanol–water partition coefficient (Wildman–Crippen LogP) is 7.14. The molecule has 0 radical (unpaired) electrons. The van der Waals surface area contributed by atoms with Crippen molar-refractivity contribution in [2.75, 3.05) is 0 Å². The van der Waals surface area contributed by atoms with Crippen LogP contribution in [-0.2, 0) is 0 Å². The fourth-order valence-electron chi connectivity index (χ4n) is 4.47. The zero-order valence-electron chi connectivity index (χ0n) is 18.8. The van der Waals surface area contributed by atoms with Crippen LogP contribution in [0.25, 0.3) is 45.2 Å². The number of hydrogen-bond acceptors (Lipinski definition) is 2. The summed E-state index contributed by atoms with van der Waals surface area (Å²) < 4.78 is 4.28. The van der Waals surface area contributed by atoms with Gasteiger partial charge in [0.25, 0.3) is 0 Å². The number of aromatic nitrogens is 3. The third kappa shape index (κ3) is 3.37. The highest BCUT2D eigenvalue weighted by Crippen LogP contribution is 2.37. The van der Waals surface area contributed by atoms with Crippen molar-refractivity contribution in [1.29, 1.82) is 0 Å². The monoisotopic (exact) mass is 441 g/mol. The first-order valence-corrected chi connectivity index (χ1v) is 11.3. The Kier molecular flexibility index (Phi) is 4.77. The van der Waals surface area contributed by atoms with Crippen molar-refractivity contribution in [3.05, 3.63) is 121 Å². The third-order valence-electron chi connectivity index (χ3n) is 6.11. The number of rotatable bonds is 4. The van der Waals surface area contributed by atoms with Crippen molar-refractivity contribution in [1.82, 2.24) is 14.0 Å². The van der Waals surface area contributed by atoms with Crippen molar-refractivity contribution in [2.24, 2.45) is 0 Å². The maximum Gasteiger partial charge on any atom is 0.220 e. The molecular weight excluding hydrogens is 418 g/mol. The van der Waals surface area contributed by atoms with Crippen molar-refractivity contribution < 1.29 is 5.11 Å². The van der Waals surface area contributed by atoms with Gasteiger partial charge >= 0.3 is 0 Å². The number of aryl methyl sites for hydroxylation is 1. The van der Waals surface area contributed by atoms with Crippen LogP contribution in [0.3, 0.4) is 0 Å². The summed E-state index contributed by atoms with van der Waals surface area (Å²) in [6, 6.07) is 36.4. The first-order chi connectivity index (χ1) is 16.7. The number of hydrogen-bond donors (Lipinski definition) is 1. The van der Waals surface area contributed by atoms with E-state index < -0.39 is 0 Å². The minimum Gasteiger partial charge on any atom is -0.508 e. The summed E-state index contributed by atoms with van der Waals surface area (Å²) in [5.41, 5.74) is 8.27. The quantitative estimate of drug-likeness (QED) is 0.316. The number of benzene rings is 4. The van der Waals surface area contributed by atoms with E-state index in [1.807, 2.05) is 36.4 Å². The molecule has 0 atom stereocenters. The molecule has 164 valence electrons. The molecule has 6 rings (SSSR count). The minimum absolute atomic E-state index is 0.220. The van der Waals surface area contributed by atoms with Gasteiger partial charge in [0.15, 0.2) is 0 Å². The third-order valence-corrected chi connectivity index (χ3v) is 6.11. The van der Waals surface area contributed by atoms with Crippen LogP contribution in [0.1, 0.15) is 5.56 Å². The van der Waals surface area contributed by atoms with Crippen LogP contribution in [-0.4, -0.2) is 19.1 Å². The molecule has 0 amide bonds. The maximum absolute atomic E-state index is 10.3. The summed E-state index contributed by atoms with van der Waals surface area (Å²) in [6.45, 7) is 2.09. The fourth-order valence-corrected chi connectivity index (χ4v) is 4.47. The molecule has 0 spiro atoms. The molecular formula is C30H23N3O. The molecule has 34 heavy (non-hydrogen) atoms. The first kappa shape index (κ1) is 20.1. The molecule has 0 unspecified atom stereocenters. The first-order valence-electron chi connectivity index (χ1n) is 11.3. The van der Waals surface area contributed by atoms with Crippen molar-refractivity contribution in [2.45, 2.75) is 6.92 Å². The molecule has 0 bridgehead atoms. The van der Waals surface area contributed by atoms with E-state index in [2.05, 4.69) is 82.8 Å². The molecule has 0 aliphatic heterocycles. The van der Waals surface area contributed by atoms with E-state index in [-0.39, 0.29) is 5.75 Å². The Hall–Kier alpha value is -4.57. The molecule has 4 aromatic carbocycles. The lowest BCUT2D eigenvalue weighted by molar-refractivity contribution is 0.475. The average Bonchev–Trinajstić information content (AvgIpc) is 3.42. The lowest BCUT2D eigenvalue weighted by atomic mass is 10.0. The lowest BCUT2D eigenvalue weighted by Crippen LogP contribution is -1.98. The van der Waals surface area contributed by atoms with E-state index in [0.717, 1.165) is 45.2 Å². The van der Waals surface area contributed by atoms with E-state index in [9.17, 15) is 5.11 Å². The fraction of sp³-hybridized carbons (Fsp3) is 0.0333. The lowest BCUT2D eigenvalue weighted by Gasteiger charge is -2.10. The van der Waals surface area contributed by atoms with E-state index in [4.69, 9.17) is 4.98 Å². The molecule has 4 heteroatoms. The molecule has 0 aliphatic rings. The van der Waals surface area contributed by atoms with E-state index >= 15 is 0 Å². The van der Waals surface area contributed by atoms with E-state index in [0.29, 0.717) is 0 Å². The number of aromatic hydroxyl groups is 1. The van der Waals surface area contributed by atoms with Crippen LogP contribution in [0.2, 0.25) is 0 Å². The van der Waals surface area contributed by atoms with Crippen molar-refractivity contribution in [3.63, 3.8) is 0 Å². The summed E-state index contributed by atoms with van der Waals surface area (Å²) >= 11 is 0. The van der Waals surface area contributed by atoms with Crippen molar-refractivity contribution in [3.8, 4) is 45.2 Å². The number of nitrogens with zero attached hydrogens (tertiary/aromatic N) is 3. The summed E-state index contributed by atoms with van der Waals surface area (Å²) in [4.78, 5) is 5.17. The molecule has 6 aromatic rings. The van der Waals surface area contributed by atoms with Gasteiger partial charge < -0.3 is 5.11 Å². The molecule has 1 N–H and O–H groups in total. The minimum atomic E-state index is 0.220. The Balaban J connectivity index is 1.72. The maximum atomic E-state index is 10.3. The molecule has 0 saturated carbocycles. The second-order valence-electron chi connectivity index (χ2n) is 8.45. The Labute approximate surface area is 198 Å². The van der Waals surface area contributed by atoms with Gasteiger partial charge in [-0.05, 0) is 19.1 Å². The average molecular weight is 442 g/mol. The van der Waals surface area contributed by atoms with Crippen LogP contribution in [0.4, 0.5) is 0 Å². The van der Waals surface area contributed by atoms with E-state index in [1.165, 1.54) is 5.56 Å². The number of phenols is 1. The summed E-state index contributed by atoms with van der Waals surface area (Å²) in [7, 11) is 0. The molecule has 2 heterocycles. The zero-order valence-corrected chi connectivity index (χ0v) is 18.8. The Bertz CT molecular complexity index is 1590. The van der Waals surface area contributed by atoms with Crippen LogP contribution in [0.5, 0.6) is 5.75 Å². The van der Waals surface area contributed by atoms with Crippen LogP contribution in [0.15, 0.2) is 115 Å². The largest absolute Gasteiger partial charge is 0.508 e. The molecule has 0 fully saturated rings. The van der Waals surface area contributed by atoms with E-state index in [1.54, 1.807) is 12.1 Å². The van der Waals surface area contributed by atoms with Crippen LogP contribution < -0.4 is 0 Å². The van der Waals surface area contributed by atoms with Crippen LogP contribution in [0, 0.1) is 6.92 Å². The Morgan fingerprint density at radius 2 is 1.35 bits per heavy atom. The van der Waals surface area contributed by atoms with Gasteiger partial charge in [-0.1, -0.05) is 96.6 Å². The highest BCUT2D eigenvalue weighted by molar-refractivity contribution is 5.83. The van der Waals surface area contributed by atoms with Gasteiger partial charge in [-0.3, -0.25) is 8.97 Å². The highest BCUT2D eigenvalue weighted by Gasteiger charge is 2.22. The van der Waals surface area contributed by atoms with Gasteiger partial charge in [0.05, 0.1) is 22.8 Å². The van der Waals surface area contributed by atoms with Gasteiger partial charge in [0.2, 0.25) is 5.78 Å². The van der Waals surface area contributed by atoms with Gasteiger partial charge in [-0.2, -0.15) is 0 Å². The van der Waals surface area contributed by atoms with Crippen LogP contribution >= 0.6 is 0 Å². The topological polar surface area (TPSA) is 42.5 Å². The normalized spacial score (nSPS) is 11.2. The zero-order chi connectivity index (χ0) is 23.1. The molecule has 2 aromatic heterocycles.